The second-order valence-electron chi connectivity index (χ2n) is 7.15. The van der Waals surface area contributed by atoms with Gasteiger partial charge in [-0.05, 0) is 38.0 Å². The molecular formula is C25H28N2O5S. The second-order valence-corrected chi connectivity index (χ2v) is 8.33. The van der Waals surface area contributed by atoms with Crippen LogP contribution in [0.3, 0.4) is 0 Å². The Morgan fingerprint density at radius 1 is 1.03 bits per heavy atom. The first-order valence-electron chi connectivity index (χ1n) is 10.8. The van der Waals surface area contributed by atoms with Crippen LogP contribution in [-0.4, -0.2) is 50.3 Å². The van der Waals surface area contributed by atoms with Crippen LogP contribution in [0.4, 0.5) is 5.13 Å². The number of benzene rings is 2. The van der Waals surface area contributed by atoms with Crippen LogP contribution in [0.25, 0.3) is 0 Å². The lowest BCUT2D eigenvalue weighted by molar-refractivity contribution is 0.0519. The van der Waals surface area contributed by atoms with Crippen molar-refractivity contribution in [1.29, 1.82) is 0 Å². The van der Waals surface area contributed by atoms with E-state index in [-0.39, 0.29) is 18.2 Å². The van der Waals surface area contributed by atoms with Crippen LogP contribution in [0.1, 0.15) is 38.2 Å². The first-order valence-corrected chi connectivity index (χ1v) is 11.6. The highest BCUT2D eigenvalue weighted by molar-refractivity contribution is 7.16. The zero-order valence-corrected chi connectivity index (χ0v) is 19.9. The summed E-state index contributed by atoms with van der Waals surface area (Å²) >= 11 is 1.29. The van der Waals surface area contributed by atoms with Gasteiger partial charge in [0.1, 0.15) is 12.4 Å². The van der Waals surface area contributed by atoms with E-state index >= 15 is 0 Å². The molecule has 0 radical (unpaired) electrons. The molecule has 3 rings (SSSR count). The quantitative estimate of drug-likeness (QED) is 0.304. The molecule has 2 aromatic carbocycles. The normalized spacial score (nSPS) is 10.6. The number of ether oxygens (including phenoxy) is 3. The third-order valence-corrected chi connectivity index (χ3v) is 5.85. The van der Waals surface area contributed by atoms with Crippen LogP contribution in [0.2, 0.25) is 0 Å². The van der Waals surface area contributed by atoms with Gasteiger partial charge < -0.3 is 14.2 Å². The number of methoxy groups -OCH3 is 1. The molecule has 0 fully saturated rings. The Hall–Kier alpha value is -3.23. The van der Waals surface area contributed by atoms with E-state index in [4.69, 9.17) is 14.2 Å². The Bertz CT molecular complexity index is 1070. The van der Waals surface area contributed by atoms with Crippen LogP contribution in [0.15, 0.2) is 54.6 Å². The topological polar surface area (TPSA) is 78.0 Å². The van der Waals surface area contributed by atoms with Gasteiger partial charge in [0, 0.05) is 18.5 Å². The zero-order chi connectivity index (χ0) is 23.6. The van der Waals surface area contributed by atoms with Gasteiger partial charge in [0.2, 0.25) is 0 Å². The van der Waals surface area contributed by atoms with Crippen LogP contribution in [0, 0.1) is 6.92 Å². The van der Waals surface area contributed by atoms with E-state index in [2.05, 4.69) is 4.98 Å². The number of esters is 1. The lowest BCUT2D eigenvalue weighted by atomic mass is 10.1. The van der Waals surface area contributed by atoms with Gasteiger partial charge in [0.25, 0.3) is 5.91 Å². The third kappa shape index (κ3) is 6.40. The molecule has 0 saturated carbocycles. The van der Waals surface area contributed by atoms with Gasteiger partial charge in [-0.3, -0.25) is 9.69 Å². The molecule has 1 aromatic heterocycles. The molecule has 0 aliphatic carbocycles. The highest BCUT2D eigenvalue weighted by Gasteiger charge is 2.26. The summed E-state index contributed by atoms with van der Waals surface area (Å²) in [6.07, 6.45) is 0.632. The van der Waals surface area contributed by atoms with E-state index in [1.807, 2.05) is 36.4 Å². The molecule has 0 aliphatic heterocycles. The predicted octanol–water partition coefficient (Wildman–Crippen LogP) is 4.54. The number of hydrogen-bond acceptors (Lipinski definition) is 7. The molecule has 8 heteroatoms. The summed E-state index contributed by atoms with van der Waals surface area (Å²) < 4.78 is 16.0. The van der Waals surface area contributed by atoms with E-state index in [9.17, 15) is 9.59 Å². The first kappa shape index (κ1) is 24.4. The fraction of sp³-hybridized carbons (Fsp3) is 0.320. The van der Waals surface area contributed by atoms with E-state index < -0.39 is 5.97 Å². The van der Waals surface area contributed by atoms with E-state index in [1.165, 1.54) is 11.3 Å². The SMILES string of the molecule is CCOC(=O)c1nc(N(CCc2ccccc2)C(=O)c2ccccc2OCCOC)sc1C. The number of anilines is 1. The molecule has 0 atom stereocenters. The van der Waals surface area contributed by atoms with E-state index in [1.54, 1.807) is 44.1 Å². The number of amides is 1. The second kappa shape index (κ2) is 12.1. The van der Waals surface area contributed by atoms with E-state index in [0.717, 1.165) is 5.56 Å². The molecular weight excluding hydrogens is 440 g/mol. The average molecular weight is 469 g/mol. The number of nitrogens with zero attached hydrogens (tertiary/aromatic N) is 2. The number of aryl methyl sites for hydroxylation is 1. The zero-order valence-electron chi connectivity index (χ0n) is 19.1. The van der Waals surface area contributed by atoms with Crippen molar-refractivity contribution in [1.82, 2.24) is 4.98 Å². The van der Waals surface area contributed by atoms with Crippen LogP contribution in [-0.2, 0) is 15.9 Å². The fourth-order valence-electron chi connectivity index (χ4n) is 3.21. The van der Waals surface area contributed by atoms with Gasteiger partial charge in [0.05, 0.1) is 18.8 Å². The monoisotopic (exact) mass is 468 g/mol. The molecule has 174 valence electrons. The van der Waals surface area contributed by atoms with Gasteiger partial charge in [-0.25, -0.2) is 9.78 Å². The maximum absolute atomic E-state index is 13.7. The molecule has 1 heterocycles. The van der Waals surface area contributed by atoms with Crippen molar-refractivity contribution in [2.45, 2.75) is 20.3 Å². The first-order chi connectivity index (χ1) is 16.0. The minimum absolute atomic E-state index is 0.235. The highest BCUT2D eigenvalue weighted by atomic mass is 32.1. The average Bonchev–Trinajstić information content (AvgIpc) is 3.21. The molecule has 1 amide bonds. The maximum Gasteiger partial charge on any atom is 0.358 e. The van der Waals surface area contributed by atoms with Crippen molar-refractivity contribution in [3.63, 3.8) is 0 Å². The number of para-hydroxylation sites is 1. The minimum Gasteiger partial charge on any atom is -0.490 e. The van der Waals surface area contributed by atoms with Crippen molar-refractivity contribution in [3.8, 4) is 5.75 Å². The smallest absolute Gasteiger partial charge is 0.358 e. The van der Waals surface area contributed by atoms with Crippen molar-refractivity contribution < 1.29 is 23.8 Å². The largest absolute Gasteiger partial charge is 0.490 e. The Morgan fingerprint density at radius 3 is 2.48 bits per heavy atom. The molecule has 0 unspecified atom stereocenters. The summed E-state index contributed by atoms with van der Waals surface area (Å²) in [5, 5.41) is 0.447. The Balaban J connectivity index is 1.93. The minimum atomic E-state index is -0.490. The number of rotatable bonds is 11. The van der Waals surface area contributed by atoms with Gasteiger partial charge >= 0.3 is 5.97 Å². The lowest BCUT2D eigenvalue weighted by Crippen LogP contribution is -2.33. The fourth-order valence-corrected chi connectivity index (χ4v) is 4.13. The molecule has 0 bridgehead atoms. The van der Waals surface area contributed by atoms with Crippen molar-refractivity contribution in [2.24, 2.45) is 0 Å². The number of carbonyl (C=O) groups is 2. The molecule has 0 spiro atoms. The Morgan fingerprint density at radius 2 is 1.76 bits per heavy atom. The summed E-state index contributed by atoms with van der Waals surface area (Å²) in [7, 11) is 1.59. The van der Waals surface area contributed by atoms with E-state index in [0.29, 0.717) is 47.5 Å². The number of aromatic nitrogens is 1. The van der Waals surface area contributed by atoms with Crippen molar-refractivity contribution >= 4 is 28.3 Å². The van der Waals surface area contributed by atoms with Crippen LogP contribution >= 0.6 is 11.3 Å². The van der Waals surface area contributed by atoms with Crippen molar-refractivity contribution in [3.05, 3.63) is 76.3 Å². The maximum atomic E-state index is 13.7. The number of carbonyl (C=O) groups excluding carboxylic acids is 2. The summed E-state index contributed by atoms with van der Waals surface area (Å²) in [4.78, 5) is 32.8. The Kier molecular flexibility index (Phi) is 8.97. The molecule has 7 nitrogen and oxygen atoms in total. The summed E-state index contributed by atoms with van der Waals surface area (Å²) in [5.74, 6) is -0.262. The van der Waals surface area contributed by atoms with Gasteiger partial charge in [-0.2, -0.15) is 0 Å². The van der Waals surface area contributed by atoms with Crippen LogP contribution in [0.5, 0.6) is 5.75 Å². The van der Waals surface area contributed by atoms with Gasteiger partial charge in [0.15, 0.2) is 10.8 Å². The number of hydrogen-bond donors (Lipinski definition) is 0. The van der Waals surface area contributed by atoms with Gasteiger partial charge in [-0.15, -0.1) is 11.3 Å². The molecule has 0 saturated heterocycles. The van der Waals surface area contributed by atoms with Crippen molar-refractivity contribution in [2.75, 3.05) is 38.4 Å². The molecule has 33 heavy (non-hydrogen) atoms. The summed E-state index contributed by atoms with van der Waals surface area (Å²) in [5.41, 5.74) is 1.75. The summed E-state index contributed by atoms with van der Waals surface area (Å²) in [6.45, 7) is 4.94. The number of thiazole rings is 1. The standard InChI is InChI=1S/C25H28N2O5S/c1-4-31-24(29)22-18(2)33-25(26-22)27(15-14-19-10-6-5-7-11-19)23(28)20-12-8-9-13-21(20)32-17-16-30-3/h5-13H,4,14-17H2,1-3H3. The molecule has 3 aromatic rings. The third-order valence-electron chi connectivity index (χ3n) is 4.86. The lowest BCUT2D eigenvalue weighted by Gasteiger charge is -2.21. The van der Waals surface area contributed by atoms with Crippen LogP contribution < -0.4 is 9.64 Å². The highest BCUT2D eigenvalue weighted by Crippen LogP contribution is 2.30. The predicted molar refractivity (Wildman–Crippen MR) is 128 cm³/mol. The Labute approximate surface area is 197 Å². The molecule has 0 aliphatic rings. The molecule has 0 N–H and O–H groups in total. The van der Waals surface area contributed by atoms with Gasteiger partial charge in [-0.1, -0.05) is 42.5 Å². The summed E-state index contributed by atoms with van der Waals surface area (Å²) in [6, 6.07) is 17.0.